The van der Waals surface area contributed by atoms with Crippen LogP contribution in [0.1, 0.15) is 211 Å². The van der Waals surface area contributed by atoms with Crippen LogP contribution in [0.2, 0.25) is 0 Å². The van der Waals surface area contributed by atoms with Gasteiger partial charge in [0.05, 0.1) is 41.5 Å². The van der Waals surface area contributed by atoms with E-state index in [-0.39, 0.29) is 113 Å². The van der Waals surface area contributed by atoms with Gasteiger partial charge in [-0.3, -0.25) is 38.4 Å². The van der Waals surface area contributed by atoms with Crippen LogP contribution < -0.4 is 0 Å². The van der Waals surface area contributed by atoms with Crippen molar-refractivity contribution >= 4 is 70.9 Å². The number of ketones is 4. The van der Waals surface area contributed by atoms with Crippen LogP contribution in [0.3, 0.4) is 0 Å². The molecule has 596 valence electrons. The summed E-state index contributed by atoms with van der Waals surface area (Å²) in [5.74, 6) is -4.97. The molecule has 0 saturated carbocycles. The lowest BCUT2D eigenvalue weighted by Gasteiger charge is -2.39. The van der Waals surface area contributed by atoms with E-state index in [0.29, 0.717) is 48.0 Å². The van der Waals surface area contributed by atoms with Crippen LogP contribution in [0.15, 0.2) is 97.1 Å². The molecule has 2 aromatic rings. The first-order valence-electron chi connectivity index (χ1n) is 35.7. The Hall–Kier alpha value is -8.32. The molecule has 6 unspecified atom stereocenters. The fraction of sp³-hybridized carbons (Fsp3) is 0.610. The van der Waals surface area contributed by atoms with Gasteiger partial charge in [0.25, 0.3) is 0 Å². The number of Topliss-reactive ketones (excluding diaryl/α,β-unsaturated/α-hetero) is 4. The Bertz CT molecular complexity index is 3210. The molecule has 24 heteroatoms. The minimum atomic E-state index is -1.38. The smallest absolute Gasteiger partial charge is 0.347 e. The highest BCUT2D eigenvalue weighted by atomic mass is 16.7. The van der Waals surface area contributed by atoms with E-state index in [1.807, 2.05) is 50.2 Å². The molecule has 0 fully saturated rings. The highest BCUT2D eigenvalue weighted by Gasteiger charge is 2.50. The van der Waals surface area contributed by atoms with Gasteiger partial charge in [0.2, 0.25) is 0 Å². The summed E-state index contributed by atoms with van der Waals surface area (Å²) in [7, 11) is 3.04. The normalized spacial score (nSPS) is 13.3. The highest BCUT2D eigenvalue weighted by molar-refractivity contribution is 5.95. The van der Waals surface area contributed by atoms with E-state index in [9.17, 15) is 57.5 Å². The maximum Gasteiger partial charge on any atom is 0.347 e. The van der Waals surface area contributed by atoms with Crippen molar-refractivity contribution in [2.75, 3.05) is 80.7 Å². The first kappa shape index (κ1) is 99.7. The van der Waals surface area contributed by atoms with E-state index < -0.39 is 94.3 Å². The first-order chi connectivity index (χ1) is 49.2. The molecule has 0 aliphatic heterocycles. The molecule has 0 aliphatic rings. The number of benzene rings is 2. The van der Waals surface area contributed by atoms with Crippen LogP contribution in [-0.4, -0.2) is 164 Å². The number of hydrogen-bond acceptors (Lipinski definition) is 24. The third-order valence-corrected chi connectivity index (χ3v) is 16.7. The Labute approximate surface area is 630 Å². The SMILES string of the molecule is C=C(C)C(=O)CCOC.C=C(C)C(=O)CCOC(=O)C(C)OC(=O)C(=C)C.C=C(C)C(=O)OCOCC(=O)C(C)c1ccc(CC(C)C)cc1.CCC(C)(C)C(=O)OC(C)C(=O)OCCOC(=O)C(C)(C)CC(C)(CC(C)(CC)C(=O)OCOCC(=O)C(C)c1ccc(CC(C)C)cc1)C(=O)OCCOC. The first-order valence-corrected chi connectivity index (χ1v) is 35.7. The van der Waals surface area contributed by atoms with Gasteiger partial charge in [-0.25, -0.2) is 19.2 Å². The Morgan fingerprint density at radius 2 is 0.783 bits per heavy atom. The Balaban J connectivity index is 0. The molecule has 2 aromatic carbocycles. The summed E-state index contributed by atoms with van der Waals surface area (Å²) in [6.07, 6.45) is 1.01. The van der Waals surface area contributed by atoms with E-state index in [1.165, 1.54) is 39.0 Å². The molecular weight excluding hydrogens is 1370 g/mol. The van der Waals surface area contributed by atoms with Gasteiger partial charge >= 0.3 is 47.8 Å². The molecule has 0 saturated heterocycles. The van der Waals surface area contributed by atoms with Crippen molar-refractivity contribution in [3.05, 3.63) is 119 Å². The van der Waals surface area contributed by atoms with Gasteiger partial charge in [-0.15, -0.1) is 0 Å². The summed E-state index contributed by atoms with van der Waals surface area (Å²) < 4.78 is 61.5. The molecule has 0 aromatic heterocycles. The Morgan fingerprint density at radius 3 is 1.19 bits per heavy atom. The number of carbonyl (C=O) groups is 12. The third kappa shape index (κ3) is 40.4. The standard InChI is InChI=1S/C43H68O13.C19H26O4.C13H18O5.C7H12O2/c1-14-40(7,8)37(47)56-31(6)35(45)52-22-23-53-36(46)41(9,10)26-43(12,39(49)54-21-20-50-13)27-42(11,15-2)38(48)55-28-51-25-34(44)30(5)33-18-16-32(17-19-33)24-29(3)4;1-13(2)10-16-6-8-17(9-7-16)15(5)18(20)11-22-12-23-19(21)14(3)4;1-8(2)11(14)6-7-17-13(16)10(5)18-12(15)9(3)4;1-6(2)7(8)4-5-9-3/h16-19,29-31H,14-15,20-28H2,1-13H3;6-9,13,15H,3,10-12H2,1-2,4-5H3;10H,1,3,6-7H2,2,4-5H3;1,4-5H2,2-3H3. The maximum absolute atomic E-state index is 13.7. The second-order valence-corrected chi connectivity index (χ2v) is 29.0. The van der Waals surface area contributed by atoms with Crippen LogP contribution in [0, 0.1) is 33.5 Å². The van der Waals surface area contributed by atoms with Crippen LogP contribution in [0.5, 0.6) is 0 Å². The zero-order chi connectivity index (χ0) is 81.9. The lowest BCUT2D eigenvalue weighted by atomic mass is 9.65. The molecule has 0 N–H and O–H groups in total. The van der Waals surface area contributed by atoms with Gasteiger partial charge in [0.1, 0.15) is 33.0 Å². The molecule has 6 atom stereocenters. The van der Waals surface area contributed by atoms with Crippen molar-refractivity contribution in [3.63, 3.8) is 0 Å². The van der Waals surface area contributed by atoms with Crippen molar-refractivity contribution < 1.29 is 114 Å². The predicted octanol–water partition coefficient (Wildman–Crippen LogP) is 13.3. The fourth-order valence-electron chi connectivity index (χ4n) is 9.47. The molecule has 0 heterocycles. The minimum absolute atomic E-state index is 0.0412. The number of carbonyl (C=O) groups excluding carboxylic acids is 12. The number of hydrogen-bond donors (Lipinski definition) is 0. The molecule has 2 rings (SSSR count). The van der Waals surface area contributed by atoms with Gasteiger partial charge in [-0.1, -0.05) is 130 Å². The molecule has 24 nitrogen and oxygen atoms in total. The molecule has 0 spiro atoms. The van der Waals surface area contributed by atoms with E-state index in [1.54, 1.807) is 83.3 Å². The number of ether oxygens (including phenoxy) is 12. The third-order valence-electron chi connectivity index (χ3n) is 16.7. The lowest BCUT2D eigenvalue weighted by molar-refractivity contribution is -0.177. The number of methoxy groups -OCH3 is 2. The van der Waals surface area contributed by atoms with Gasteiger partial charge in [-0.2, -0.15) is 0 Å². The summed E-state index contributed by atoms with van der Waals surface area (Å²) in [6.45, 7) is 47.7. The highest BCUT2D eigenvalue weighted by Crippen LogP contribution is 2.46. The average Bonchev–Trinajstić information content (AvgIpc) is 0.784. The van der Waals surface area contributed by atoms with Crippen LogP contribution in [-0.2, 0) is 127 Å². The monoisotopic (exact) mass is 1490 g/mol. The van der Waals surface area contributed by atoms with Crippen molar-refractivity contribution in [2.45, 2.75) is 214 Å². The van der Waals surface area contributed by atoms with Crippen molar-refractivity contribution in [1.82, 2.24) is 0 Å². The summed E-state index contributed by atoms with van der Waals surface area (Å²) >= 11 is 0. The number of rotatable bonds is 46. The van der Waals surface area contributed by atoms with Gasteiger partial charge in [0.15, 0.2) is 48.9 Å². The molecule has 0 radical (unpaired) electrons. The van der Waals surface area contributed by atoms with E-state index >= 15 is 0 Å². The molecule has 0 amide bonds. The van der Waals surface area contributed by atoms with Crippen LogP contribution >= 0.6 is 0 Å². The largest absolute Gasteiger partial charge is 0.463 e. The average molecular weight is 1490 g/mol. The fourth-order valence-corrected chi connectivity index (χ4v) is 9.47. The van der Waals surface area contributed by atoms with E-state index in [2.05, 4.69) is 66.1 Å². The second kappa shape index (κ2) is 51.0. The van der Waals surface area contributed by atoms with Crippen LogP contribution in [0.4, 0.5) is 0 Å². The summed E-state index contributed by atoms with van der Waals surface area (Å²) in [5.41, 5.74) is 1.20. The van der Waals surface area contributed by atoms with Gasteiger partial charge in [0, 0.05) is 50.0 Å². The second-order valence-electron chi connectivity index (χ2n) is 29.0. The van der Waals surface area contributed by atoms with Crippen molar-refractivity contribution in [1.29, 1.82) is 0 Å². The van der Waals surface area contributed by atoms with Crippen LogP contribution in [0.25, 0.3) is 0 Å². The lowest BCUT2D eigenvalue weighted by Crippen LogP contribution is -2.44. The van der Waals surface area contributed by atoms with E-state index in [4.69, 9.17) is 56.8 Å². The van der Waals surface area contributed by atoms with Crippen molar-refractivity contribution in [3.8, 4) is 0 Å². The minimum Gasteiger partial charge on any atom is -0.463 e. The summed E-state index contributed by atoms with van der Waals surface area (Å²) in [4.78, 5) is 146. The molecular formula is C82H124O24. The summed E-state index contributed by atoms with van der Waals surface area (Å²) in [6, 6.07) is 16.0. The van der Waals surface area contributed by atoms with Gasteiger partial charge < -0.3 is 56.8 Å². The van der Waals surface area contributed by atoms with Gasteiger partial charge in [-0.05, 0) is 167 Å². The maximum atomic E-state index is 13.7. The zero-order valence-corrected chi connectivity index (χ0v) is 67.4. The molecule has 106 heavy (non-hydrogen) atoms. The quantitative estimate of drug-likeness (QED) is 0.0195. The van der Waals surface area contributed by atoms with Crippen molar-refractivity contribution in [2.24, 2.45) is 33.5 Å². The topological polar surface area (TPSA) is 316 Å². The van der Waals surface area contributed by atoms with E-state index in [0.717, 1.165) is 24.0 Å². The number of esters is 8. The molecule has 0 bridgehead atoms. The Kier molecular flexibility index (Phi) is 48.0. The Morgan fingerprint density at radius 1 is 0.396 bits per heavy atom. The number of allylic oxidation sites excluding steroid dienone is 2. The molecule has 0 aliphatic carbocycles. The zero-order valence-electron chi connectivity index (χ0n) is 67.4. The predicted molar refractivity (Wildman–Crippen MR) is 401 cm³/mol. The summed E-state index contributed by atoms with van der Waals surface area (Å²) in [5, 5.41) is 0.